The lowest BCUT2D eigenvalue weighted by Crippen LogP contribution is -2.24. The molecular formula is C27H24O6. The van der Waals surface area contributed by atoms with Gasteiger partial charge in [0.1, 0.15) is 29.4 Å². The van der Waals surface area contributed by atoms with Crippen LogP contribution in [0.2, 0.25) is 0 Å². The number of benzene rings is 3. The molecule has 0 aliphatic heterocycles. The third-order valence-corrected chi connectivity index (χ3v) is 5.87. The minimum absolute atomic E-state index is 0.00880. The van der Waals surface area contributed by atoms with Crippen molar-refractivity contribution in [2.45, 2.75) is 38.2 Å². The summed E-state index contributed by atoms with van der Waals surface area (Å²) in [5, 5.41) is 2.47. The molecule has 5 rings (SSSR count). The predicted molar refractivity (Wildman–Crippen MR) is 125 cm³/mol. The lowest BCUT2D eigenvalue weighted by Gasteiger charge is -2.21. The van der Waals surface area contributed by atoms with Crippen molar-refractivity contribution in [2.75, 3.05) is 6.61 Å². The summed E-state index contributed by atoms with van der Waals surface area (Å²) in [5.74, 6) is 0.691. The van der Waals surface area contributed by atoms with Gasteiger partial charge in [0.25, 0.3) is 0 Å². The molecule has 33 heavy (non-hydrogen) atoms. The fraction of sp³-hybridized carbons (Fsp3) is 0.259. The fourth-order valence-corrected chi connectivity index (χ4v) is 4.15. The maximum atomic E-state index is 12.9. The van der Waals surface area contributed by atoms with Crippen molar-refractivity contribution in [2.24, 2.45) is 0 Å². The van der Waals surface area contributed by atoms with Gasteiger partial charge >= 0.3 is 5.97 Å². The molecule has 0 atom stereocenters. The average Bonchev–Trinajstić information content (AvgIpc) is 2.85. The second-order valence-electron chi connectivity index (χ2n) is 8.24. The largest absolute Gasteiger partial charge is 0.482 e. The van der Waals surface area contributed by atoms with Gasteiger partial charge in [-0.25, -0.2) is 4.79 Å². The Kier molecular flexibility index (Phi) is 5.98. The van der Waals surface area contributed by atoms with E-state index in [1.54, 1.807) is 18.2 Å². The normalized spacial score (nSPS) is 14.3. The zero-order valence-electron chi connectivity index (χ0n) is 18.1. The van der Waals surface area contributed by atoms with Gasteiger partial charge in [-0.3, -0.25) is 4.79 Å². The molecule has 0 radical (unpaired) electrons. The fourth-order valence-electron chi connectivity index (χ4n) is 4.15. The summed E-state index contributed by atoms with van der Waals surface area (Å²) in [6.07, 6.45) is 6.49. The second kappa shape index (κ2) is 9.36. The first-order chi connectivity index (χ1) is 16.2. The molecule has 1 heterocycles. The summed E-state index contributed by atoms with van der Waals surface area (Å²) in [6, 6.07) is 18.4. The number of rotatable bonds is 6. The van der Waals surface area contributed by atoms with E-state index >= 15 is 0 Å². The standard InChI is InChI=1S/C27H24O6/c28-26(33-20-8-2-1-3-9-20)17-30-21-12-13-23-24(15-21)31-16-25(27(23)29)32-22-11-10-18-6-4-5-7-19(18)14-22/h4-7,10-16,20H,1-3,8-9,17H2. The van der Waals surface area contributed by atoms with Gasteiger partial charge in [-0.05, 0) is 60.7 Å². The molecule has 1 aromatic heterocycles. The molecule has 0 saturated heterocycles. The third kappa shape index (κ3) is 4.85. The van der Waals surface area contributed by atoms with Crippen molar-refractivity contribution in [1.29, 1.82) is 0 Å². The Balaban J connectivity index is 1.28. The number of hydrogen-bond donors (Lipinski definition) is 0. The Labute approximate surface area is 190 Å². The van der Waals surface area contributed by atoms with Crippen LogP contribution in [0.3, 0.4) is 0 Å². The summed E-state index contributed by atoms with van der Waals surface area (Å²) in [6.45, 7) is -0.185. The Bertz CT molecular complexity index is 1350. The molecular weight excluding hydrogens is 420 g/mol. The van der Waals surface area contributed by atoms with Crippen LogP contribution in [-0.2, 0) is 9.53 Å². The smallest absolute Gasteiger partial charge is 0.344 e. The number of hydrogen-bond acceptors (Lipinski definition) is 6. The number of ether oxygens (including phenoxy) is 3. The van der Waals surface area contributed by atoms with Crippen LogP contribution in [0, 0.1) is 0 Å². The first kappa shape index (κ1) is 21.1. The van der Waals surface area contributed by atoms with Crippen LogP contribution in [0.5, 0.6) is 17.2 Å². The Morgan fingerprint density at radius 2 is 1.70 bits per heavy atom. The van der Waals surface area contributed by atoms with E-state index < -0.39 is 0 Å². The number of carbonyl (C=O) groups is 1. The summed E-state index contributed by atoms with van der Waals surface area (Å²) in [5.41, 5.74) is 0.0664. The van der Waals surface area contributed by atoms with Crippen LogP contribution in [0.1, 0.15) is 32.1 Å². The molecule has 6 nitrogen and oxygen atoms in total. The van der Waals surface area contributed by atoms with Crippen LogP contribution in [-0.4, -0.2) is 18.7 Å². The van der Waals surface area contributed by atoms with E-state index in [-0.39, 0.29) is 29.9 Å². The van der Waals surface area contributed by atoms with Gasteiger partial charge in [0.15, 0.2) is 6.61 Å². The Hall–Kier alpha value is -3.80. The summed E-state index contributed by atoms with van der Waals surface area (Å²) >= 11 is 0. The summed E-state index contributed by atoms with van der Waals surface area (Å²) in [4.78, 5) is 25.0. The van der Waals surface area contributed by atoms with E-state index in [9.17, 15) is 9.59 Å². The van der Waals surface area contributed by atoms with Gasteiger partial charge in [0.2, 0.25) is 11.2 Å². The monoisotopic (exact) mass is 444 g/mol. The van der Waals surface area contributed by atoms with Crippen molar-refractivity contribution in [3.05, 3.63) is 77.2 Å². The van der Waals surface area contributed by atoms with Gasteiger partial charge in [-0.2, -0.15) is 0 Å². The van der Waals surface area contributed by atoms with Crippen molar-refractivity contribution in [1.82, 2.24) is 0 Å². The molecule has 1 fully saturated rings. The number of esters is 1. The molecule has 0 unspecified atom stereocenters. The maximum Gasteiger partial charge on any atom is 0.344 e. The number of carbonyl (C=O) groups excluding carboxylic acids is 1. The molecule has 1 aliphatic rings. The Morgan fingerprint density at radius 1 is 0.909 bits per heavy atom. The van der Waals surface area contributed by atoms with E-state index in [1.165, 1.54) is 12.7 Å². The zero-order chi connectivity index (χ0) is 22.6. The average molecular weight is 444 g/mol. The molecule has 3 aromatic carbocycles. The van der Waals surface area contributed by atoms with Crippen LogP contribution < -0.4 is 14.9 Å². The minimum atomic E-state index is -0.386. The molecule has 4 aromatic rings. The Morgan fingerprint density at radius 3 is 2.55 bits per heavy atom. The van der Waals surface area contributed by atoms with E-state index in [4.69, 9.17) is 18.6 Å². The highest BCUT2D eigenvalue weighted by molar-refractivity contribution is 5.84. The van der Waals surface area contributed by atoms with E-state index in [2.05, 4.69) is 0 Å². The molecule has 1 saturated carbocycles. The summed E-state index contributed by atoms with van der Waals surface area (Å²) < 4.78 is 22.5. The lowest BCUT2D eigenvalue weighted by atomic mass is 9.98. The first-order valence-corrected chi connectivity index (χ1v) is 11.2. The lowest BCUT2D eigenvalue weighted by molar-refractivity contribution is -0.152. The maximum absolute atomic E-state index is 12.9. The molecule has 1 aliphatic carbocycles. The van der Waals surface area contributed by atoms with E-state index in [1.807, 2.05) is 42.5 Å². The van der Waals surface area contributed by atoms with Gasteiger partial charge in [-0.15, -0.1) is 0 Å². The predicted octanol–water partition coefficient (Wildman–Crippen LogP) is 5.99. The molecule has 0 amide bonds. The first-order valence-electron chi connectivity index (χ1n) is 11.2. The molecule has 6 heteroatoms. The highest BCUT2D eigenvalue weighted by Crippen LogP contribution is 2.27. The highest BCUT2D eigenvalue weighted by Gasteiger charge is 2.18. The highest BCUT2D eigenvalue weighted by atomic mass is 16.6. The molecule has 0 spiro atoms. The molecule has 0 N–H and O–H groups in total. The van der Waals surface area contributed by atoms with Crippen LogP contribution in [0.15, 0.2) is 76.1 Å². The zero-order valence-corrected chi connectivity index (χ0v) is 18.1. The topological polar surface area (TPSA) is 75.0 Å². The second-order valence-corrected chi connectivity index (χ2v) is 8.24. The van der Waals surface area contributed by atoms with Gasteiger partial charge in [0.05, 0.1) is 5.39 Å². The quantitative estimate of drug-likeness (QED) is 0.340. The summed E-state index contributed by atoms with van der Waals surface area (Å²) in [7, 11) is 0. The van der Waals surface area contributed by atoms with Gasteiger partial charge in [0, 0.05) is 6.07 Å². The van der Waals surface area contributed by atoms with Gasteiger partial charge < -0.3 is 18.6 Å². The SMILES string of the molecule is O=C(COc1ccc2c(=O)c(Oc3ccc4ccccc4c3)coc2c1)OC1CCCCC1. The van der Waals surface area contributed by atoms with E-state index in [0.29, 0.717) is 22.5 Å². The minimum Gasteiger partial charge on any atom is -0.482 e. The van der Waals surface area contributed by atoms with Crippen LogP contribution in [0.25, 0.3) is 21.7 Å². The van der Waals surface area contributed by atoms with Gasteiger partial charge in [-0.1, -0.05) is 36.8 Å². The van der Waals surface area contributed by atoms with Crippen molar-refractivity contribution in [3.63, 3.8) is 0 Å². The van der Waals surface area contributed by atoms with Crippen LogP contribution in [0.4, 0.5) is 0 Å². The molecule has 0 bridgehead atoms. The number of fused-ring (bicyclic) bond motifs is 2. The van der Waals surface area contributed by atoms with Crippen molar-refractivity contribution >= 4 is 27.7 Å². The van der Waals surface area contributed by atoms with Crippen molar-refractivity contribution < 1.29 is 23.4 Å². The van der Waals surface area contributed by atoms with Crippen molar-refractivity contribution in [3.8, 4) is 17.2 Å². The van der Waals surface area contributed by atoms with Crippen LogP contribution >= 0.6 is 0 Å². The third-order valence-electron chi connectivity index (χ3n) is 5.87. The molecule has 168 valence electrons. The van der Waals surface area contributed by atoms with E-state index in [0.717, 1.165) is 36.5 Å².